The van der Waals surface area contributed by atoms with Crippen LogP contribution in [0.1, 0.15) is 33.0 Å². The van der Waals surface area contributed by atoms with Crippen LogP contribution >= 0.6 is 0 Å². The standard InChI is InChI=1S/C18H22N4O2/c1-11-5-6-16-15(7-11)12(2)17(19-16)18(23)22(3)9-13-8-14(10-24-4)21-20-13/h5-8,19H,9-10H2,1-4H3,(H,20,21). The zero-order chi connectivity index (χ0) is 17.3. The van der Waals surface area contributed by atoms with Gasteiger partial charge in [0.25, 0.3) is 5.91 Å². The van der Waals surface area contributed by atoms with Crippen LogP contribution in [0.2, 0.25) is 0 Å². The van der Waals surface area contributed by atoms with E-state index in [1.807, 2.05) is 25.1 Å². The first-order valence-electron chi connectivity index (χ1n) is 7.86. The Morgan fingerprint density at radius 3 is 2.83 bits per heavy atom. The van der Waals surface area contributed by atoms with Gasteiger partial charge in [-0.2, -0.15) is 5.10 Å². The Balaban J connectivity index is 1.81. The van der Waals surface area contributed by atoms with Crippen LogP contribution in [0, 0.1) is 13.8 Å². The molecule has 3 rings (SSSR count). The lowest BCUT2D eigenvalue weighted by Crippen LogP contribution is -2.27. The molecule has 2 heterocycles. The number of hydrogen-bond donors (Lipinski definition) is 2. The Hall–Kier alpha value is -2.60. The summed E-state index contributed by atoms with van der Waals surface area (Å²) >= 11 is 0. The van der Waals surface area contributed by atoms with Gasteiger partial charge >= 0.3 is 0 Å². The third-order valence-corrected chi connectivity index (χ3v) is 4.16. The van der Waals surface area contributed by atoms with E-state index in [-0.39, 0.29) is 5.91 Å². The van der Waals surface area contributed by atoms with Crippen LogP contribution in [-0.2, 0) is 17.9 Å². The summed E-state index contributed by atoms with van der Waals surface area (Å²) in [5.74, 6) is -0.0377. The van der Waals surface area contributed by atoms with Crippen LogP contribution in [0.25, 0.3) is 10.9 Å². The molecule has 0 aliphatic carbocycles. The molecule has 0 saturated carbocycles. The Morgan fingerprint density at radius 2 is 2.08 bits per heavy atom. The number of rotatable bonds is 5. The van der Waals surface area contributed by atoms with Crippen molar-refractivity contribution in [2.75, 3.05) is 14.2 Å². The van der Waals surface area contributed by atoms with Gasteiger partial charge in [-0.15, -0.1) is 0 Å². The van der Waals surface area contributed by atoms with Gasteiger partial charge in [-0.3, -0.25) is 9.89 Å². The second-order valence-corrected chi connectivity index (χ2v) is 6.15. The van der Waals surface area contributed by atoms with Crippen molar-refractivity contribution in [2.24, 2.45) is 0 Å². The molecule has 6 heteroatoms. The van der Waals surface area contributed by atoms with Crippen molar-refractivity contribution in [3.63, 3.8) is 0 Å². The Morgan fingerprint density at radius 1 is 1.29 bits per heavy atom. The second-order valence-electron chi connectivity index (χ2n) is 6.15. The van der Waals surface area contributed by atoms with Crippen molar-refractivity contribution in [1.82, 2.24) is 20.1 Å². The number of aromatic amines is 2. The summed E-state index contributed by atoms with van der Waals surface area (Å²) in [6, 6.07) is 8.07. The van der Waals surface area contributed by atoms with Crippen molar-refractivity contribution >= 4 is 16.8 Å². The lowest BCUT2D eigenvalue weighted by Gasteiger charge is -2.15. The average Bonchev–Trinajstić information content (AvgIpc) is 3.12. The van der Waals surface area contributed by atoms with Gasteiger partial charge < -0.3 is 14.6 Å². The largest absolute Gasteiger partial charge is 0.378 e. The molecule has 24 heavy (non-hydrogen) atoms. The van der Waals surface area contributed by atoms with E-state index >= 15 is 0 Å². The minimum atomic E-state index is -0.0377. The van der Waals surface area contributed by atoms with Crippen LogP contribution < -0.4 is 0 Å². The fourth-order valence-electron chi connectivity index (χ4n) is 2.88. The van der Waals surface area contributed by atoms with Crippen molar-refractivity contribution in [3.8, 4) is 0 Å². The fourth-order valence-corrected chi connectivity index (χ4v) is 2.88. The zero-order valence-electron chi connectivity index (χ0n) is 14.4. The molecule has 0 radical (unpaired) electrons. The summed E-state index contributed by atoms with van der Waals surface area (Å²) in [4.78, 5) is 17.7. The molecule has 0 aliphatic heterocycles. The topological polar surface area (TPSA) is 74.0 Å². The van der Waals surface area contributed by atoms with Gasteiger partial charge in [-0.05, 0) is 37.6 Å². The van der Waals surface area contributed by atoms with Crippen molar-refractivity contribution < 1.29 is 9.53 Å². The molecule has 0 atom stereocenters. The maximum Gasteiger partial charge on any atom is 0.270 e. The number of benzene rings is 1. The number of ether oxygens (including phenoxy) is 1. The van der Waals surface area contributed by atoms with E-state index in [1.165, 1.54) is 5.56 Å². The molecular formula is C18H22N4O2. The number of fused-ring (bicyclic) bond motifs is 1. The maximum absolute atomic E-state index is 12.8. The van der Waals surface area contributed by atoms with Gasteiger partial charge in [0.2, 0.25) is 0 Å². The number of carbonyl (C=O) groups excluding carboxylic acids is 1. The van der Waals surface area contributed by atoms with Gasteiger partial charge in [0.1, 0.15) is 5.69 Å². The molecule has 0 spiro atoms. The number of carbonyl (C=O) groups is 1. The van der Waals surface area contributed by atoms with Crippen LogP contribution in [0.5, 0.6) is 0 Å². The van der Waals surface area contributed by atoms with E-state index in [1.54, 1.807) is 19.1 Å². The number of amides is 1. The first-order valence-corrected chi connectivity index (χ1v) is 7.86. The number of methoxy groups -OCH3 is 1. The van der Waals surface area contributed by atoms with E-state index in [2.05, 4.69) is 28.2 Å². The predicted octanol–water partition coefficient (Wildman–Crippen LogP) is 2.93. The quantitative estimate of drug-likeness (QED) is 0.757. The molecule has 2 N–H and O–H groups in total. The maximum atomic E-state index is 12.8. The summed E-state index contributed by atoms with van der Waals surface area (Å²) in [5, 5.41) is 8.19. The predicted molar refractivity (Wildman–Crippen MR) is 92.9 cm³/mol. The minimum Gasteiger partial charge on any atom is -0.378 e. The Kier molecular flexibility index (Phi) is 4.40. The number of nitrogens with one attached hydrogen (secondary N) is 2. The second kappa shape index (κ2) is 6.49. The van der Waals surface area contributed by atoms with E-state index in [4.69, 9.17) is 4.74 Å². The number of aromatic nitrogens is 3. The van der Waals surface area contributed by atoms with E-state index in [0.29, 0.717) is 18.8 Å². The van der Waals surface area contributed by atoms with E-state index in [9.17, 15) is 4.79 Å². The summed E-state index contributed by atoms with van der Waals surface area (Å²) in [7, 11) is 3.42. The highest BCUT2D eigenvalue weighted by Gasteiger charge is 2.19. The van der Waals surface area contributed by atoms with Crippen molar-refractivity contribution in [2.45, 2.75) is 27.0 Å². The zero-order valence-corrected chi connectivity index (χ0v) is 14.4. The lowest BCUT2D eigenvalue weighted by atomic mass is 10.1. The summed E-state index contributed by atoms with van der Waals surface area (Å²) in [6.07, 6.45) is 0. The fraction of sp³-hybridized carbons (Fsp3) is 0.333. The first kappa shape index (κ1) is 16.3. The highest BCUT2D eigenvalue weighted by atomic mass is 16.5. The normalized spacial score (nSPS) is 11.2. The van der Waals surface area contributed by atoms with E-state index < -0.39 is 0 Å². The number of hydrogen-bond acceptors (Lipinski definition) is 3. The third-order valence-electron chi connectivity index (χ3n) is 4.16. The molecule has 3 aromatic rings. The summed E-state index contributed by atoms with van der Waals surface area (Å²) in [6.45, 7) is 4.94. The Bertz CT molecular complexity index is 878. The van der Waals surface area contributed by atoms with Crippen LogP contribution in [0.4, 0.5) is 0 Å². The van der Waals surface area contributed by atoms with E-state index in [0.717, 1.165) is 27.9 Å². The third kappa shape index (κ3) is 3.05. The van der Waals surface area contributed by atoms with Crippen LogP contribution in [-0.4, -0.2) is 40.1 Å². The molecule has 0 aliphatic rings. The lowest BCUT2D eigenvalue weighted by molar-refractivity contribution is 0.0778. The minimum absolute atomic E-state index is 0.0377. The highest BCUT2D eigenvalue weighted by molar-refractivity contribution is 6.00. The average molecular weight is 326 g/mol. The highest BCUT2D eigenvalue weighted by Crippen LogP contribution is 2.24. The number of aryl methyl sites for hydroxylation is 2. The smallest absolute Gasteiger partial charge is 0.270 e. The SMILES string of the molecule is COCc1cc(CN(C)C(=O)c2[nH]c3ccc(C)cc3c2C)[nH]n1. The van der Waals surface area contributed by atoms with Crippen LogP contribution in [0.3, 0.4) is 0 Å². The van der Waals surface area contributed by atoms with Gasteiger partial charge in [-0.25, -0.2) is 0 Å². The molecule has 1 amide bonds. The summed E-state index contributed by atoms with van der Waals surface area (Å²) in [5.41, 5.74) is 5.48. The monoisotopic (exact) mass is 326 g/mol. The van der Waals surface area contributed by atoms with Crippen LogP contribution in [0.15, 0.2) is 24.3 Å². The molecule has 2 aromatic heterocycles. The molecular weight excluding hydrogens is 304 g/mol. The van der Waals surface area contributed by atoms with Gasteiger partial charge in [0, 0.05) is 25.1 Å². The van der Waals surface area contributed by atoms with Gasteiger partial charge in [0.15, 0.2) is 0 Å². The van der Waals surface area contributed by atoms with Gasteiger partial charge in [-0.1, -0.05) is 11.6 Å². The Labute approximate surface area is 140 Å². The molecule has 126 valence electrons. The molecule has 1 aromatic carbocycles. The van der Waals surface area contributed by atoms with Crippen molar-refractivity contribution in [1.29, 1.82) is 0 Å². The number of nitrogens with zero attached hydrogens (tertiary/aromatic N) is 2. The molecule has 6 nitrogen and oxygen atoms in total. The molecule has 0 bridgehead atoms. The first-order chi connectivity index (χ1) is 11.5. The molecule has 0 saturated heterocycles. The van der Waals surface area contributed by atoms with Gasteiger partial charge in [0.05, 0.1) is 24.5 Å². The summed E-state index contributed by atoms with van der Waals surface area (Å²) < 4.78 is 5.05. The molecule has 0 unspecified atom stereocenters. The van der Waals surface area contributed by atoms with Crippen molar-refractivity contribution in [3.05, 3.63) is 52.5 Å². The number of H-pyrrole nitrogens is 2. The molecule has 0 fully saturated rings.